The van der Waals surface area contributed by atoms with Gasteiger partial charge in [-0.15, -0.1) is 11.3 Å². The molecule has 0 unspecified atom stereocenters. The van der Waals surface area contributed by atoms with Gasteiger partial charge in [-0.25, -0.2) is 9.78 Å². The van der Waals surface area contributed by atoms with Gasteiger partial charge in [-0.1, -0.05) is 29.3 Å². The van der Waals surface area contributed by atoms with Crippen LogP contribution in [-0.4, -0.2) is 22.7 Å². The van der Waals surface area contributed by atoms with Crippen molar-refractivity contribution in [2.24, 2.45) is 0 Å². The lowest BCUT2D eigenvalue weighted by Crippen LogP contribution is -2.06. The average molecular weight is 419 g/mol. The first kappa shape index (κ1) is 20.0. The van der Waals surface area contributed by atoms with Crippen LogP contribution in [0.2, 0.25) is 5.02 Å². The number of thiazole rings is 1. The van der Waals surface area contributed by atoms with Gasteiger partial charge in [-0.05, 0) is 38.1 Å². The predicted octanol–water partition coefficient (Wildman–Crippen LogP) is 5.31. The molecule has 2 aromatic carbocycles. The van der Waals surface area contributed by atoms with Crippen LogP contribution < -0.4 is 10.1 Å². The fourth-order valence-electron chi connectivity index (χ4n) is 2.37. The van der Waals surface area contributed by atoms with Crippen LogP contribution in [0.5, 0.6) is 11.5 Å². The molecule has 0 atom stereocenters. The number of nitrogens with one attached hydrogen (secondary N) is 1. The number of ether oxygens (including phenoxy) is 2. The summed E-state index contributed by atoms with van der Waals surface area (Å²) >= 11 is 7.37. The average Bonchev–Trinajstić information content (AvgIpc) is 3.12. The molecule has 8 heteroatoms. The van der Waals surface area contributed by atoms with Gasteiger partial charge in [0.2, 0.25) is 0 Å². The summed E-state index contributed by atoms with van der Waals surface area (Å²) in [5.41, 5.74) is 2.94. The van der Waals surface area contributed by atoms with E-state index >= 15 is 0 Å². The lowest BCUT2D eigenvalue weighted by Gasteiger charge is -2.10. The Morgan fingerprint density at radius 2 is 2.04 bits per heavy atom. The number of aryl methyl sites for hydroxylation is 1. The van der Waals surface area contributed by atoms with Gasteiger partial charge in [-0.2, -0.15) is 0 Å². The molecule has 1 heterocycles. The first-order valence-corrected chi connectivity index (χ1v) is 9.82. The van der Waals surface area contributed by atoms with Gasteiger partial charge in [0.25, 0.3) is 0 Å². The highest BCUT2D eigenvalue weighted by atomic mass is 35.5. The topological polar surface area (TPSA) is 80.7 Å². The number of hydrogen-bond donors (Lipinski definition) is 2. The standard InChI is InChI=1S/C20H19ClN2O4S/c1-3-26-17-9-13(8-16(21)18(17)24)19(25)27-10-15-11-28-20(23-15)22-14-6-4-12(2)5-7-14/h4-9,11,24H,3,10H2,1-2H3,(H,22,23). The first-order chi connectivity index (χ1) is 13.5. The normalized spacial score (nSPS) is 10.5. The molecule has 3 aromatic rings. The first-order valence-electron chi connectivity index (χ1n) is 8.56. The molecule has 0 aliphatic carbocycles. The van der Waals surface area contributed by atoms with Crippen LogP contribution in [0.3, 0.4) is 0 Å². The number of anilines is 2. The number of aromatic hydroxyl groups is 1. The maximum absolute atomic E-state index is 12.3. The molecule has 0 radical (unpaired) electrons. The van der Waals surface area contributed by atoms with Crippen LogP contribution in [0.4, 0.5) is 10.8 Å². The van der Waals surface area contributed by atoms with Crippen LogP contribution in [0.1, 0.15) is 28.5 Å². The smallest absolute Gasteiger partial charge is 0.338 e. The Labute approximate surface area is 171 Å². The lowest BCUT2D eigenvalue weighted by molar-refractivity contribution is 0.0468. The molecule has 0 amide bonds. The molecule has 0 aliphatic rings. The Morgan fingerprint density at radius 3 is 2.75 bits per heavy atom. The van der Waals surface area contributed by atoms with Crippen molar-refractivity contribution in [3.8, 4) is 11.5 Å². The Kier molecular flexibility index (Phi) is 6.38. The van der Waals surface area contributed by atoms with Crippen molar-refractivity contribution >= 4 is 39.7 Å². The van der Waals surface area contributed by atoms with E-state index in [0.29, 0.717) is 17.4 Å². The highest BCUT2D eigenvalue weighted by molar-refractivity contribution is 7.13. The Balaban J connectivity index is 1.62. The fourth-order valence-corrected chi connectivity index (χ4v) is 3.30. The highest BCUT2D eigenvalue weighted by Crippen LogP contribution is 2.35. The van der Waals surface area contributed by atoms with E-state index in [9.17, 15) is 9.90 Å². The molecule has 0 bridgehead atoms. The van der Waals surface area contributed by atoms with Crippen molar-refractivity contribution in [1.29, 1.82) is 0 Å². The second-order valence-electron chi connectivity index (χ2n) is 5.95. The van der Waals surface area contributed by atoms with Crippen LogP contribution >= 0.6 is 22.9 Å². The molecule has 1 aromatic heterocycles. The maximum Gasteiger partial charge on any atom is 0.338 e. The molecule has 0 saturated carbocycles. The second kappa shape index (κ2) is 8.95. The van der Waals surface area contributed by atoms with Gasteiger partial charge in [0, 0.05) is 11.1 Å². The number of esters is 1. The van der Waals surface area contributed by atoms with E-state index in [4.69, 9.17) is 21.1 Å². The Hall–Kier alpha value is -2.77. The number of benzene rings is 2. The monoisotopic (exact) mass is 418 g/mol. The van der Waals surface area contributed by atoms with Gasteiger partial charge in [0.15, 0.2) is 16.6 Å². The molecular weight excluding hydrogens is 400 g/mol. The van der Waals surface area contributed by atoms with Crippen LogP contribution in [-0.2, 0) is 11.3 Å². The molecule has 2 N–H and O–H groups in total. The SMILES string of the molecule is CCOc1cc(C(=O)OCc2csc(Nc3ccc(C)cc3)n2)cc(Cl)c1O. The number of phenols is 1. The van der Waals surface area contributed by atoms with Crippen LogP contribution in [0, 0.1) is 6.92 Å². The largest absolute Gasteiger partial charge is 0.503 e. The van der Waals surface area contributed by atoms with Gasteiger partial charge in [-0.3, -0.25) is 0 Å². The lowest BCUT2D eigenvalue weighted by atomic mass is 10.2. The number of nitrogens with zero attached hydrogens (tertiary/aromatic N) is 1. The molecule has 0 saturated heterocycles. The third kappa shape index (κ3) is 4.94. The molecule has 0 fully saturated rings. The summed E-state index contributed by atoms with van der Waals surface area (Å²) in [5, 5.41) is 15.6. The Bertz CT molecular complexity index is 973. The van der Waals surface area contributed by atoms with E-state index in [1.165, 1.54) is 29.0 Å². The summed E-state index contributed by atoms with van der Waals surface area (Å²) in [6.45, 7) is 4.15. The maximum atomic E-state index is 12.3. The summed E-state index contributed by atoms with van der Waals surface area (Å²) < 4.78 is 10.6. The van der Waals surface area contributed by atoms with Crippen molar-refractivity contribution in [3.05, 3.63) is 63.6 Å². The van der Waals surface area contributed by atoms with E-state index in [-0.39, 0.29) is 28.7 Å². The number of aromatic nitrogens is 1. The molecule has 0 spiro atoms. The minimum absolute atomic E-state index is 0.0212. The van der Waals surface area contributed by atoms with Gasteiger partial charge in [0.05, 0.1) is 22.9 Å². The summed E-state index contributed by atoms with van der Waals surface area (Å²) in [7, 11) is 0. The zero-order chi connectivity index (χ0) is 20.1. The molecule has 146 valence electrons. The zero-order valence-electron chi connectivity index (χ0n) is 15.4. The number of carbonyl (C=O) groups is 1. The van der Waals surface area contributed by atoms with Gasteiger partial charge in [0.1, 0.15) is 6.61 Å². The molecular formula is C20H19ClN2O4S. The number of carbonyl (C=O) groups excluding carboxylic acids is 1. The molecule has 0 aliphatic heterocycles. The van der Waals surface area contributed by atoms with Crippen molar-refractivity contribution in [2.45, 2.75) is 20.5 Å². The van der Waals surface area contributed by atoms with E-state index in [2.05, 4.69) is 10.3 Å². The predicted molar refractivity (Wildman–Crippen MR) is 110 cm³/mol. The summed E-state index contributed by atoms with van der Waals surface area (Å²) in [6.07, 6.45) is 0. The minimum atomic E-state index is -0.580. The van der Waals surface area contributed by atoms with Crippen molar-refractivity contribution < 1.29 is 19.4 Å². The summed E-state index contributed by atoms with van der Waals surface area (Å²) in [4.78, 5) is 16.7. The number of hydrogen-bond acceptors (Lipinski definition) is 7. The molecule has 6 nitrogen and oxygen atoms in total. The van der Waals surface area contributed by atoms with E-state index in [1.807, 2.05) is 36.6 Å². The third-order valence-electron chi connectivity index (χ3n) is 3.77. The molecule has 3 rings (SSSR count). The van der Waals surface area contributed by atoms with Crippen molar-refractivity contribution in [2.75, 3.05) is 11.9 Å². The highest BCUT2D eigenvalue weighted by Gasteiger charge is 2.16. The summed E-state index contributed by atoms with van der Waals surface area (Å²) in [6, 6.07) is 10.7. The number of phenolic OH excluding ortho intramolecular Hbond substituents is 1. The van der Waals surface area contributed by atoms with E-state index in [1.54, 1.807) is 6.92 Å². The quantitative estimate of drug-likeness (QED) is 0.506. The zero-order valence-corrected chi connectivity index (χ0v) is 16.9. The fraction of sp³-hybridized carbons (Fsp3) is 0.200. The van der Waals surface area contributed by atoms with Gasteiger partial charge < -0.3 is 19.9 Å². The summed E-state index contributed by atoms with van der Waals surface area (Å²) in [5.74, 6) is -0.643. The van der Waals surface area contributed by atoms with Crippen molar-refractivity contribution in [1.82, 2.24) is 4.98 Å². The van der Waals surface area contributed by atoms with Gasteiger partial charge >= 0.3 is 5.97 Å². The number of halogens is 1. The van der Waals surface area contributed by atoms with E-state index in [0.717, 1.165) is 5.69 Å². The molecule has 28 heavy (non-hydrogen) atoms. The van der Waals surface area contributed by atoms with E-state index < -0.39 is 5.97 Å². The minimum Gasteiger partial charge on any atom is -0.503 e. The second-order valence-corrected chi connectivity index (χ2v) is 7.21. The number of rotatable bonds is 7. The Morgan fingerprint density at radius 1 is 1.29 bits per heavy atom. The van der Waals surface area contributed by atoms with Crippen molar-refractivity contribution in [3.63, 3.8) is 0 Å². The van der Waals surface area contributed by atoms with Crippen LogP contribution in [0.25, 0.3) is 0 Å². The van der Waals surface area contributed by atoms with Crippen LogP contribution in [0.15, 0.2) is 41.8 Å². The third-order valence-corrected chi connectivity index (χ3v) is 4.86.